The summed E-state index contributed by atoms with van der Waals surface area (Å²) < 4.78 is 0. The highest BCUT2D eigenvalue weighted by Gasteiger charge is 1.88. The lowest BCUT2D eigenvalue weighted by Gasteiger charge is -1.85. The molecule has 11 heavy (non-hydrogen) atoms. The molecule has 0 saturated heterocycles. The van der Waals surface area contributed by atoms with Crippen LogP contribution in [0.2, 0.25) is 0 Å². The van der Waals surface area contributed by atoms with Crippen molar-refractivity contribution in [2.75, 3.05) is 0 Å². The van der Waals surface area contributed by atoms with Gasteiger partial charge < -0.3 is 9.94 Å². The van der Waals surface area contributed by atoms with E-state index in [9.17, 15) is 9.59 Å². The van der Waals surface area contributed by atoms with Crippen LogP contribution >= 0.6 is 0 Å². The Morgan fingerprint density at radius 3 is 1.73 bits per heavy atom. The first-order valence-electron chi connectivity index (χ1n) is 3.19. The number of hydrogen-bond donors (Lipinski definition) is 2. The van der Waals surface area contributed by atoms with Crippen LogP contribution in [0.3, 0.4) is 0 Å². The van der Waals surface area contributed by atoms with E-state index in [1.54, 1.807) is 13.8 Å². The van der Waals surface area contributed by atoms with Gasteiger partial charge in [0.05, 0.1) is 0 Å². The predicted molar refractivity (Wildman–Crippen MR) is 38.5 cm³/mol. The topological polar surface area (TPSA) is 89.6 Å². The van der Waals surface area contributed by atoms with E-state index >= 15 is 0 Å². The van der Waals surface area contributed by atoms with Crippen molar-refractivity contribution in [1.29, 1.82) is 0 Å². The van der Waals surface area contributed by atoms with Crippen molar-refractivity contribution in [3.63, 3.8) is 0 Å². The highest BCUT2D eigenvalue weighted by atomic mass is 16.7. The zero-order valence-electron chi connectivity index (χ0n) is 6.66. The highest BCUT2D eigenvalue weighted by Crippen LogP contribution is 1.73. The number of nitrogens with two attached hydrogens (primary N) is 1. The molecule has 0 aliphatic rings. The molecule has 0 aliphatic heterocycles. The minimum atomic E-state index is -0.745. The molecule has 0 rings (SSSR count). The van der Waals surface area contributed by atoms with Crippen LogP contribution < -0.4 is 5.90 Å². The summed E-state index contributed by atoms with van der Waals surface area (Å²) >= 11 is 0. The van der Waals surface area contributed by atoms with Crippen molar-refractivity contribution in [2.45, 2.75) is 26.7 Å². The van der Waals surface area contributed by atoms with Crippen LogP contribution in [0.5, 0.6) is 0 Å². The summed E-state index contributed by atoms with van der Waals surface area (Å²) in [5.74, 6) is 3.31. The second kappa shape index (κ2) is 8.90. The predicted octanol–water partition coefficient (Wildman–Crippen LogP) is 0.294. The normalized spacial score (nSPS) is 7.55. The molecule has 0 radical (unpaired) electrons. The maximum Gasteiger partial charge on any atom is 0.324 e. The van der Waals surface area contributed by atoms with Gasteiger partial charge in [0.25, 0.3) is 0 Å². The molecule has 0 fully saturated rings. The van der Waals surface area contributed by atoms with Crippen LogP contribution in [-0.4, -0.2) is 17.0 Å². The molecule has 0 heterocycles. The van der Waals surface area contributed by atoms with Crippen molar-refractivity contribution < 1.29 is 19.5 Å². The average Bonchev–Trinajstić information content (AvgIpc) is 2.04. The van der Waals surface area contributed by atoms with E-state index in [1.165, 1.54) is 0 Å². The van der Waals surface area contributed by atoms with Gasteiger partial charge in [0.1, 0.15) is 0 Å². The Kier molecular flexibility index (Phi) is 10.2. The number of aliphatic carboxylic acids is 1. The monoisotopic (exact) mass is 163 g/mol. The standard InChI is InChI=1S/C3H7NO2.C3H6O2/c1-2-3(5)6-4;1-2-3(4)5/h2,4H2,1H3;2H2,1H3,(H,4,5). The minimum absolute atomic E-state index is 0.222. The van der Waals surface area contributed by atoms with Gasteiger partial charge in [0, 0.05) is 12.8 Å². The van der Waals surface area contributed by atoms with E-state index in [0.717, 1.165) is 0 Å². The molecular formula is C6H13NO4. The minimum Gasteiger partial charge on any atom is -0.481 e. The van der Waals surface area contributed by atoms with Crippen molar-refractivity contribution in [3.8, 4) is 0 Å². The Balaban J connectivity index is 0. The number of carbonyl (C=O) groups is 2. The molecule has 0 spiro atoms. The van der Waals surface area contributed by atoms with E-state index in [-0.39, 0.29) is 12.4 Å². The largest absolute Gasteiger partial charge is 0.481 e. The molecule has 0 aromatic heterocycles. The fourth-order valence-corrected chi connectivity index (χ4v) is 0.0833. The lowest BCUT2D eigenvalue weighted by Crippen LogP contribution is -2.07. The molecule has 5 heteroatoms. The number of rotatable bonds is 2. The molecule has 0 saturated carbocycles. The van der Waals surface area contributed by atoms with E-state index in [4.69, 9.17) is 5.11 Å². The van der Waals surface area contributed by atoms with Gasteiger partial charge in [0.2, 0.25) is 0 Å². The van der Waals surface area contributed by atoms with Crippen molar-refractivity contribution in [2.24, 2.45) is 5.90 Å². The maximum absolute atomic E-state index is 9.83. The van der Waals surface area contributed by atoms with E-state index in [1.807, 2.05) is 0 Å². The Morgan fingerprint density at radius 2 is 1.73 bits per heavy atom. The molecule has 0 atom stereocenters. The molecule has 0 amide bonds. The third-order valence-corrected chi connectivity index (χ3v) is 0.723. The molecule has 0 aliphatic carbocycles. The van der Waals surface area contributed by atoms with Gasteiger partial charge in [-0.15, -0.1) is 0 Å². The lowest BCUT2D eigenvalue weighted by molar-refractivity contribution is -0.143. The molecule has 5 nitrogen and oxygen atoms in total. The zero-order valence-corrected chi connectivity index (χ0v) is 6.66. The van der Waals surface area contributed by atoms with E-state index in [2.05, 4.69) is 10.7 Å². The van der Waals surface area contributed by atoms with Crippen molar-refractivity contribution in [3.05, 3.63) is 0 Å². The Bertz CT molecular complexity index is 118. The first-order chi connectivity index (χ1) is 5.08. The molecule has 3 N–H and O–H groups in total. The summed E-state index contributed by atoms with van der Waals surface area (Å²) in [5.41, 5.74) is 0. The second-order valence-corrected chi connectivity index (χ2v) is 1.59. The average molecular weight is 163 g/mol. The Morgan fingerprint density at radius 1 is 1.36 bits per heavy atom. The second-order valence-electron chi connectivity index (χ2n) is 1.59. The fourth-order valence-electron chi connectivity index (χ4n) is 0.0833. The molecular weight excluding hydrogens is 150 g/mol. The fraction of sp³-hybridized carbons (Fsp3) is 0.667. The van der Waals surface area contributed by atoms with Crippen LogP contribution in [0.1, 0.15) is 26.7 Å². The van der Waals surface area contributed by atoms with Gasteiger partial charge in [-0.1, -0.05) is 13.8 Å². The number of hydrogen-bond acceptors (Lipinski definition) is 4. The van der Waals surface area contributed by atoms with Gasteiger partial charge >= 0.3 is 11.9 Å². The summed E-state index contributed by atoms with van der Waals surface area (Å²) in [4.78, 5) is 23.0. The maximum atomic E-state index is 9.83. The van der Waals surface area contributed by atoms with Gasteiger partial charge in [-0.2, -0.15) is 5.90 Å². The summed E-state index contributed by atoms with van der Waals surface area (Å²) in [7, 11) is 0. The van der Waals surface area contributed by atoms with Gasteiger partial charge in [-0.05, 0) is 0 Å². The lowest BCUT2D eigenvalue weighted by atomic mass is 10.5. The summed E-state index contributed by atoms with van der Waals surface area (Å²) in [6.45, 7) is 3.28. The smallest absolute Gasteiger partial charge is 0.324 e. The first-order valence-corrected chi connectivity index (χ1v) is 3.19. The highest BCUT2D eigenvalue weighted by molar-refractivity contribution is 5.68. The molecule has 0 bridgehead atoms. The van der Waals surface area contributed by atoms with Crippen LogP contribution in [0.25, 0.3) is 0 Å². The Labute approximate surface area is 65.1 Å². The van der Waals surface area contributed by atoms with Gasteiger partial charge in [0.15, 0.2) is 0 Å². The third-order valence-electron chi connectivity index (χ3n) is 0.723. The molecule has 0 unspecified atom stereocenters. The number of carboxylic acids is 1. The number of carbonyl (C=O) groups excluding carboxylic acids is 1. The number of carboxylic acid groups (broad SMARTS) is 1. The van der Waals surface area contributed by atoms with E-state index < -0.39 is 5.97 Å². The first kappa shape index (κ1) is 12.6. The molecule has 0 aromatic rings. The van der Waals surface area contributed by atoms with Crippen LogP contribution in [-0.2, 0) is 14.4 Å². The third kappa shape index (κ3) is 17.6. The molecule has 66 valence electrons. The Hall–Kier alpha value is -1.10. The van der Waals surface area contributed by atoms with Gasteiger partial charge in [-0.25, -0.2) is 0 Å². The van der Waals surface area contributed by atoms with Gasteiger partial charge in [-0.3, -0.25) is 9.59 Å². The van der Waals surface area contributed by atoms with Crippen LogP contribution in [0, 0.1) is 0 Å². The van der Waals surface area contributed by atoms with Crippen LogP contribution in [0.4, 0.5) is 0 Å². The van der Waals surface area contributed by atoms with Crippen molar-refractivity contribution in [1.82, 2.24) is 0 Å². The quantitative estimate of drug-likeness (QED) is 0.571. The summed E-state index contributed by atoms with van der Waals surface area (Å²) in [6.07, 6.45) is 0.566. The van der Waals surface area contributed by atoms with Crippen molar-refractivity contribution >= 4 is 11.9 Å². The van der Waals surface area contributed by atoms with E-state index in [0.29, 0.717) is 6.42 Å². The SMILES string of the molecule is CCC(=O)O.CCC(=O)ON. The zero-order chi connectivity index (χ0) is 9.28. The van der Waals surface area contributed by atoms with Crippen LogP contribution in [0.15, 0.2) is 0 Å². The summed E-state index contributed by atoms with van der Waals surface area (Å²) in [5, 5.41) is 7.72. The summed E-state index contributed by atoms with van der Waals surface area (Å²) in [6, 6.07) is 0. The molecule has 0 aromatic carbocycles.